The fourth-order valence-electron chi connectivity index (χ4n) is 2.10. The van der Waals surface area contributed by atoms with E-state index in [2.05, 4.69) is 4.98 Å². The molecule has 0 atom stereocenters. The zero-order valence-electron chi connectivity index (χ0n) is 13.0. The maximum Gasteiger partial charge on any atom is 0.340 e. The monoisotopic (exact) mass is 392 g/mol. The van der Waals surface area contributed by atoms with Crippen LogP contribution >= 0.6 is 22.9 Å². The third kappa shape index (κ3) is 4.04. The Hall–Kier alpha value is -2.84. The molecule has 0 saturated heterocycles. The SMILES string of the molecule is O=C(OCc1csc(-c2ccc(F)cc2)n1)c1cc([N+](=O)[O-])ccc1Cl. The lowest BCUT2D eigenvalue weighted by Gasteiger charge is -2.05. The number of nitro benzene ring substituents is 1. The zero-order valence-corrected chi connectivity index (χ0v) is 14.6. The van der Waals surface area contributed by atoms with Crippen LogP contribution in [-0.2, 0) is 11.3 Å². The Balaban J connectivity index is 1.70. The van der Waals surface area contributed by atoms with Gasteiger partial charge in [-0.2, -0.15) is 0 Å². The van der Waals surface area contributed by atoms with Crippen molar-refractivity contribution in [1.29, 1.82) is 0 Å². The van der Waals surface area contributed by atoms with E-state index in [1.165, 1.54) is 35.6 Å². The Morgan fingerprint density at radius 3 is 2.69 bits per heavy atom. The molecule has 0 amide bonds. The molecule has 26 heavy (non-hydrogen) atoms. The van der Waals surface area contributed by atoms with Crippen LogP contribution in [0.25, 0.3) is 10.6 Å². The number of carbonyl (C=O) groups is 1. The summed E-state index contributed by atoms with van der Waals surface area (Å²) in [6, 6.07) is 9.41. The molecular formula is C17H10ClFN2O4S. The van der Waals surface area contributed by atoms with Gasteiger partial charge in [-0.05, 0) is 30.3 Å². The minimum Gasteiger partial charge on any atom is -0.456 e. The number of rotatable bonds is 5. The lowest BCUT2D eigenvalue weighted by Crippen LogP contribution is -2.07. The van der Waals surface area contributed by atoms with E-state index in [1.807, 2.05) is 0 Å². The summed E-state index contributed by atoms with van der Waals surface area (Å²) in [4.78, 5) is 26.6. The summed E-state index contributed by atoms with van der Waals surface area (Å²) in [7, 11) is 0. The molecule has 1 aromatic heterocycles. The first-order chi connectivity index (χ1) is 12.4. The fourth-order valence-corrected chi connectivity index (χ4v) is 3.10. The second-order valence-corrected chi connectivity index (χ2v) is 6.41. The van der Waals surface area contributed by atoms with E-state index >= 15 is 0 Å². The van der Waals surface area contributed by atoms with Crippen LogP contribution in [0.15, 0.2) is 47.8 Å². The number of thiazole rings is 1. The van der Waals surface area contributed by atoms with E-state index in [1.54, 1.807) is 17.5 Å². The Morgan fingerprint density at radius 1 is 1.27 bits per heavy atom. The fraction of sp³-hybridized carbons (Fsp3) is 0.0588. The number of nitrogens with zero attached hydrogens (tertiary/aromatic N) is 2. The standard InChI is InChI=1S/C17H10ClFN2O4S/c18-15-6-5-13(21(23)24)7-14(15)17(22)25-8-12-9-26-16(20-12)10-1-3-11(19)4-2-10/h1-7,9H,8H2. The van der Waals surface area contributed by atoms with Gasteiger partial charge in [-0.3, -0.25) is 10.1 Å². The molecule has 9 heteroatoms. The van der Waals surface area contributed by atoms with Crippen molar-refractivity contribution in [3.05, 3.63) is 80.1 Å². The molecule has 132 valence electrons. The number of aromatic nitrogens is 1. The first-order valence-corrected chi connectivity index (χ1v) is 8.51. The number of hydrogen-bond acceptors (Lipinski definition) is 6. The van der Waals surface area contributed by atoms with Crippen molar-refractivity contribution in [2.24, 2.45) is 0 Å². The van der Waals surface area contributed by atoms with Crippen molar-refractivity contribution in [3.8, 4) is 10.6 Å². The van der Waals surface area contributed by atoms with Gasteiger partial charge in [0.2, 0.25) is 0 Å². The van der Waals surface area contributed by atoms with Gasteiger partial charge in [0.05, 0.1) is 21.2 Å². The summed E-state index contributed by atoms with van der Waals surface area (Å²) in [5.74, 6) is -1.12. The van der Waals surface area contributed by atoms with Crippen molar-refractivity contribution in [2.45, 2.75) is 6.61 Å². The number of carbonyl (C=O) groups excluding carboxylic acids is 1. The van der Waals surface area contributed by atoms with Gasteiger partial charge >= 0.3 is 5.97 Å². The van der Waals surface area contributed by atoms with Crippen LogP contribution in [0.3, 0.4) is 0 Å². The van der Waals surface area contributed by atoms with Gasteiger partial charge in [0.1, 0.15) is 17.4 Å². The molecular weight excluding hydrogens is 383 g/mol. The summed E-state index contributed by atoms with van der Waals surface area (Å²) in [5.41, 5.74) is 0.906. The van der Waals surface area contributed by atoms with Gasteiger partial charge in [-0.25, -0.2) is 14.2 Å². The summed E-state index contributed by atoms with van der Waals surface area (Å²) in [6.07, 6.45) is 0. The third-order valence-corrected chi connectivity index (χ3v) is 4.64. The predicted molar refractivity (Wildman–Crippen MR) is 94.7 cm³/mol. The van der Waals surface area contributed by atoms with Gasteiger partial charge in [0, 0.05) is 23.1 Å². The minimum absolute atomic E-state index is 0.0610. The highest BCUT2D eigenvalue weighted by atomic mass is 35.5. The molecule has 0 saturated carbocycles. The molecule has 0 unspecified atom stereocenters. The van der Waals surface area contributed by atoms with Gasteiger partial charge in [0.25, 0.3) is 5.69 Å². The number of benzene rings is 2. The smallest absolute Gasteiger partial charge is 0.340 e. The highest BCUT2D eigenvalue weighted by Crippen LogP contribution is 2.25. The van der Waals surface area contributed by atoms with Crippen molar-refractivity contribution in [2.75, 3.05) is 0 Å². The Bertz CT molecular complexity index is 975. The van der Waals surface area contributed by atoms with Crippen LogP contribution in [0, 0.1) is 15.9 Å². The number of nitro groups is 1. The molecule has 0 bridgehead atoms. The average molecular weight is 393 g/mol. The van der Waals surface area contributed by atoms with Crippen molar-refractivity contribution < 1.29 is 18.8 Å². The van der Waals surface area contributed by atoms with E-state index in [0.717, 1.165) is 11.6 Å². The van der Waals surface area contributed by atoms with Crippen LogP contribution in [0.5, 0.6) is 0 Å². The summed E-state index contributed by atoms with van der Waals surface area (Å²) < 4.78 is 18.1. The third-order valence-electron chi connectivity index (χ3n) is 3.37. The molecule has 0 aliphatic rings. The quantitative estimate of drug-likeness (QED) is 0.351. The molecule has 2 aromatic carbocycles. The van der Waals surface area contributed by atoms with Crippen molar-refractivity contribution >= 4 is 34.6 Å². The highest BCUT2D eigenvalue weighted by Gasteiger charge is 2.17. The van der Waals surface area contributed by atoms with Gasteiger partial charge in [-0.15, -0.1) is 11.3 Å². The van der Waals surface area contributed by atoms with Crippen LogP contribution in [-0.4, -0.2) is 15.9 Å². The molecule has 1 heterocycles. The molecule has 0 spiro atoms. The van der Waals surface area contributed by atoms with E-state index in [0.29, 0.717) is 10.7 Å². The van der Waals surface area contributed by atoms with Crippen molar-refractivity contribution in [3.63, 3.8) is 0 Å². The van der Waals surface area contributed by atoms with E-state index in [-0.39, 0.29) is 28.7 Å². The number of hydrogen-bond donors (Lipinski definition) is 0. The largest absolute Gasteiger partial charge is 0.456 e. The van der Waals surface area contributed by atoms with Gasteiger partial charge in [-0.1, -0.05) is 11.6 Å². The maximum absolute atomic E-state index is 13.0. The lowest BCUT2D eigenvalue weighted by molar-refractivity contribution is -0.384. The van der Waals surface area contributed by atoms with E-state index < -0.39 is 10.9 Å². The predicted octanol–water partition coefficient (Wildman–Crippen LogP) is 4.87. The Morgan fingerprint density at radius 2 is 2.00 bits per heavy atom. The van der Waals surface area contributed by atoms with Crippen LogP contribution < -0.4 is 0 Å². The molecule has 6 nitrogen and oxygen atoms in total. The van der Waals surface area contributed by atoms with Gasteiger partial charge in [0.15, 0.2) is 0 Å². The Kier molecular flexibility index (Phi) is 5.24. The molecule has 0 fully saturated rings. The Labute approximate surface area is 156 Å². The van der Waals surface area contributed by atoms with Crippen LogP contribution in [0.4, 0.5) is 10.1 Å². The minimum atomic E-state index is -0.782. The number of non-ortho nitro benzene ring substituents is 1. The van der Waals surface area contributed by atoms with E-state index in [9.17, 15) is 19.3 Å². The maximum atomic E-state index is 13.0. The topological polar surface area (TPSA) is 82.3 Å². The molecule has 0 N–H and O–H groups in total. The first-order valence-electron chi connectivity index (χ1n) is 7.25. The molecule has 0 radical (unpaired) electrons. The number of halogens is 2. The summed E-state index contributed by atoms with van der Waals surface area (Å²) in [5, 5.41) is 13.2. The lowest BCUT2D eigenvalue weighted by atomic mass is 10.2. The molecule has 3 rings (SSSR count). The zero-order chi connectivity index (χ0) is 18.7. The molecule has 3 aromatic rings. The van der Waals surface area contributed by atoms with Gasteiger partial charge < -0.3 is 4.74 Å². The first kappa shape index (κ1) is 18.0. The second-order valence-electron chi connectivity index (χ2n) is 5.15. The summed E-state index contributed by atoms with van der Waals surface area (Å²) >= 11 is 7.23. The van der Waals surface area contributed by atoms with Crippen molar-refractivity contribution in [1.82, 2.24) is 4.98 Å². The van der Waals surface area contributed by atoms with Crippen LogP contribution in [0.2, 0.25) is 5.02 Å². The summed E-state index contributed by atoms with van der Waals surface area (Å²) in [6.45, 7) is -0.116. The molecule has 0 aliphatic carbocycles. The second kappa shape index (κ2) is 7.59. The number of ether oxygens (including phenoxy) is 1. The number of esters is 1. The van der Waals surface area contributed by atoms with E-state index in [4.69, 9.17) is 16.3 Å². The highest BCUT2D eigenvalue weighted by molar-refractivity contribution is 7.13. The van der Waals surface area contributed by atoms with Crippen LogP contribution in [0.1, 0.15) is 16.1 Å². The normalized spacial score (nSPS) is 10.5. The average Bonchev–Trinajstić information content (AvgIpc) is 3.09. The molecule has 0 aliphatic heterocycles.